The van der Waals surface area contributed by atoms with E-state index in [9.17, 15) is 0 Å². The van der Waals surface area contributed by atoms with E-state index in [-0.39, 0.29) is 35.6 Å². The van der Waals surface area contributed by atoms with Gasteiger partial charge >= 0.3 is 0 Å². The second-order valence-electron chi connectivity index (χ2n) is 6.39. The van der Waals surface area contributed by atoms with Gasteiger partial charge in [0, 0.05) is 46.8 Å². The minimum Gasteiger partial charge on any atom is -0.381 e. The maximum absolute atomic E-state index is 5.76. The number of nitrogens with zero attached hydrogens (tertiary/aromatic N) is 1. The Bertz CT molecular complexity index is 528. The molecule has 1 unspecified atom stereocenters. The van der Waals surface area contributed by atoms with E-state index in [0.717, 1.165) is 45.0 Å². The molecule has 1 aromatic carbocycles. The van der Waals surface area contributed by atoms with Gasteiger partial charge in [0.1, 0.15) is 0 Å². The SMILES string of the molecule is CCc1ccc(C(C)NC(=NC)NCC2(OC)CCOCC2)cc1.I. The van der Waals surface area contributed by atoms with Crippen molar-refractivity contribution in [3.8, 4) is 0 Å². The zero-order valence-corrected chi connectivity index (χ0v) is 18.1. The fourth-order valence-corrected chi connectivity index (χ4v) is 2.97. The van der Waals surface area contributed by atoms with Crippen LogP contribution in [-0.2, 0) is 15.9 Å². The van der Waals surface area contributed by atoms with E-state index in [4.69, 9.17) is 9.47 Å². The average Bonchev–Trinajstić information content (AvgIpc) is 2.65. The van der Waals surface area contributed by atoms with Crippen LogP contribution in [0, 0.1) is 0 Å². The summed E-state index contributed by atoms with van der Waals surface area (Å²) in [5.74, 6) is 0.796. The predicted molar refractivity (Wildman–Crippen MR) is 114 cm³/mol. The molecule has 1 aromatic rings. The lowest BCUT2D eigenvalue weighted by atomic mass is 9.94. The van der Waals surface area contributed by atoms with Crippen molar-refractivity contribution in [3.05, 3.63) is 35.4 Å². The number of halogens is 1. The minimum absolute atomic E-state index is 0. The smallest absolute Gasteiger partial charge is 0.191 e. The van der Waals surface area contributed by atoms with Gasteiger partial charge in [-0.05, 0) is 24.5 Å². The summed E-state index contributed by atoms with van der Waals surface area (Å²) >= 11 is 0. The van der Waals surface area contributed by atoms with Gasteiger partial charge in [-0.3, -0.25) is 4.99 Å². The van der Waals surface area contributed by atoms with Crippen LogP contribution in [0.3, 0.4) is 0 Å². The minimum atomic E-state index is -0.165. The van der Waals surface area contributed by atoms with Crippen molar-refractivity contribution >= 4 is 29.9 Å². The number of rotatable bonds is 6. The van der Waals surface area contributed by atoms with Crippen molar-refractivity contribution in [3.63, 3.8) is 0 Å². The molecule has 1 aliphatic rings. The van der Waals surface area contributed by atoms with E-state index in [1.807, 2.05) is 0 Å². The highest BCUT2D eigenvalue weighted by molar-refractivity contribution is 14.0. The van der Waals surface area contributed by atoms with Gasteiger partial charge in [-0.2, -0.15) is 0 Å². The summed E-state index contributed by atoms with van der Waals surface area (Å²) in [6, 6.07) is 8.92. The highest BCUT2D eigenvalue weighted by Crippen LogP contribution is 2.23. The predicted octanol–water partition coefficient (Wildman–Crippen LogP) is 3.29. The van der Waals surface area contributed by atoms with E-state index >= 15 is 0 Å². The number of guanidine groups is 1. The fraction of sp³-hybridized carbons (Fsp3) is 0.632. The summed E-state index contributed by atoms with van der Waals surface area (Å²) in [6.07, 6.45) is 2.87. The first-order valence-electron chi connectivity index (χ1n) is 8.81. The highest BCUT2D eigenvalue weighted by Gasteiger charge is 2.32. The fourth-order valence-electron chi connectivity index (χ4n) is 2.97. The van der Waals surface area contributed by atoms with Crippen LogP contribution in [0.15, 0.2) is 29.3 Å². The Morgan fingerprint density at radius 2 is 1.92 bits per heavy atom. The molecule has 1 heterocycles. The van der Waals surface area contributed by atoms with Gasteiger partial charge in [0.05, 0.1) is 11.6 Å². The lowest BCUT2D eigenvalue weighted by Gasteiger charge is -2.36. The standard InChI is InChI=1S/C19H31N3O2.HI/c1-5-16-6-8-17(9-7-16)15(2)22-18(20-3)21-14-19(23-4)10-12-24-13-11-19;/h6-9,15H,5,10-14H2,1-4H3,(H2,20,21,22);1H. The Labute approximate surface area is 169 Å². The quantitative estimate of drug-likeness (QED) is 0.388. The van der Waals surface area contributed by atoms with E-state index in [0.29, 0.717) is 0 Å². The lowest BCUT2D eigenvalue weighted by molar-refractivity contribution is -0.0855. The topological polar surface area (TPSA) is 54.9 Å². The molecule has 0 aliphatic carbocycles. The summed E-state index contributed by atoms with van der Waals surface area (Å²) < 4.78 is 11.2. The van der Waals surface area contributed by atoms with Gasteiger partial charge in [-0.25, -0.2) is 0 Å². The number of aliphatic imine (C=N–C) groups is 1. The van der Waals surface area contributed by atoms with Crippen LogP contribution in [0.5, 0.6) is 0 Å². The molecule has 1 fully saturated rings. The Morgan fingerprint density at radius 1 is 1.28 bits per heavy atom. The largest absolute Gasteiger partial charge is 0.381 e. The molecule has 142 valence electrons. The number of methoxy groups -OCH3 is 1. The van der Waals surface area contributed by atoms with Crippen LogP contribution in [-0.4, -0.2) is 45.5 Å². The molecular weight excluding hydrogens is 429 g/mol. The Morgan fingerprint density at radius 3 is 2.44 bits per heavy atom. The molecule has 5 nitrogen and oxygen atoms in total. The van der Waals surface area contributed by atoms with Crippen molar-refractivity contribution in [2.24, 2.45) is 4.99 Å². The van der Waals surface area contributed by atoms with E-state index in [1.165, 1.54) is 11.1 Å². The van der Waals surface area contributed by atoms with Crippen molar-refractivity contribution in [1.29, 1.82) is 0 Å². The van der Waals surface area contributed by atoms with Crippen LogP contribution in [0.2, 0.25) is 0 Å². The zero-order chi connectivity index (χ0) is 17.4. The molecule has 0 saturated carbocycles. The van der Waals surface area contributed by atoms with E-state index in [1.54, 1.807) is 14.2 Å². The van der Waals surface area contributed by atoms with Crippen molar-refractivity contribution in [1.82, 2.24) is 10.6 Å². The first-order chi connectivity index (χ1) is 11.6. The van der Waals surface area contributed by atoms with Gasteiger partial charge in [-0.15, -0.1) is 24.0 Å². The van der Waals surface area contributed by atoms with Crippen LogP contribution in [0.1, 0.15) is 43.9 Å². The third-order valence-corrected chi connectivity index (χ3v) is 4.88. The van der Waals surface area contributed by atoms with Crippen LogP contribution < -0.4 is 10.6 Å². The number of nitrogens with one attached hydrogen (secondary N) is 2. The first-order valence-corrected chi connectivity index (χ1v) is 8.81. The normalized spacial score (nSPS) is 18.2. The second-order valence-corrected chi connectivity index (χ2v) is 6.39. The number of benzene rings is 1. The third kappa shape index (κ3) is 6.42. The molecule has 0 radical (unpaired) electrons. The van der Waals surface area contributed by atoms with Crippen LogP contribution in [0.25, 0.3) is 0 Å². The van der Waals surface area contributed by atoms with Gasteiger partial charge in [0.2, 0.25) is 0 Å². The van der Waals surface area contributed by atoms with Crippen molar-refractivity contribution in [2.45, 2.75) is 44.8 Å². The lowest BCUT2D eigenvalue weighted by Crippen LogP contribution is -2.51. The molecular formula is C19H32IN3O2. The Kier molecular flexibility index (Phi) is 9.74. The number of hydrogen-bond donors (Lipinski definition) is 2. The molecule has 0 spiro atoms. The van der Waals surface area contributed by atoms with Gasteiger partial charge in [0.15, 0.2) is 5.96 Å². The summed E-state index contributed by atoms with van der Waals surface area (Å²) in [5.41, 5.74) is 2.44. The molecule has 2 rings (SSSR count). The number of ether oxygens (including phenoxy) is 2. The molecule has 25 heavy (non-hydrogen) atoms. The Hall–Kier alpha value is -0.860. The average molecular weight is 461 g/mol. The molecule has 0 bridgehead atoms. The molecule has 2 N–H and O–H groups in total. The summed E-state index contributed by atoms with van der Waals surface area (Å²) in [6.45, 7) is 6.55. The maximum atomic E-state index is 5.76. The molecule has 1 aliphatic heterocycles. The molecule has 1 atom stereocenters. The number of aryl methyl sites for hydroxylation is 1. The molecule has 0 aromatic heterocycles. The summed E-state index contributed by atoms with van der Waals surface area (Å²) in [5, 5.41) is 6.87. The van der Waals surface area contributed by atoms with Gasteiger partial charge in [-0.1, -0.05) is 31.2 Å². The van der Waals surface area contributed by atoms with Gasteiger partial charge in [0.25, 0.3) is 0 Å². The maximum Gasteiger partial charge on any atom is 0.191 e. The Balaban J connectivity index is 0.00000312. The van der Waals surface area contributed by atoms with Crippen LogP contribution >= 0.6 is 24.0 Å². The van der Waals surface area contributed by atoms with Crippen molar-refractivity contribution in [2.75, 3.05) is 33.9 Å². The third-order valence-electron chi connectivity index (χ3n) is 4.88. The van der Waals surface area contributed by atoms with Crippen molar-refractivity contribution < 1.29 is 9.47 Å². The highest BCUT2D eigenvalue weighted by atomic mass is 127. The van der Waals surface area contributed by atoms with E-state index in [2.05, 4.69) is 53.7 Å². The van der Waals surface area contributed by atoms with Gasteiger partial charge < -0.3 is 20.1 Å². The molecule has 6 heteroatoms. The molecule has 1 saturated heterocycles. The monoisotopic (exact) mass is 461 g/mol. The summed E-state index contributed by atoms with van der Waals surface area (Å²) in [7, 11) is 3.58. The van der Waals surface area contributed by atoms with E-state index < -0.39 is 0 Å². The summed E-state index contributed by atoms with van der Waals surface area (Å²) in [4.78, 5) is 4.34. The number of hydrogen-bond acceptors (Lipinski definition) is 3. The zero-order valence-electron chi connectivity index (χ0n) is 15.8. The molecule has 0 amide bonds. The second kappa shape index (κ2) is 11.0. The van der Waals surface area contributed by atoms with Crippen LogP contribution in [0.4, 0.5) is 0 Å². The first kappa shape index (κ1) is 22.2.